The molecular weight excluding hydrogens is 412 g/mol. The SMILES string of the molecule is CCCCCc1cc(O)c(CC=C(C)CCC=C(C)C)c(O)c1C(=O)NCc1cccnc1. The van der Waals surface area contributed by atoms with Crippen molar-refractivity contribution in [3.05, 3.63) is 76.1 Å². The predicted molar refractivity (Wildman–Crippen MR) is 135 cm³/mol. The minimum absolute atomic E-state index is 0.0381. The van der Waals surface area contributed by atoms with Crippen LogP contribution >= 0.6 is 0 Å². The van der Waals surface area contributed by atoms with Crippen LogP contribution in [0.1, 0.15) is 86.8 Å². The number of hydrogen-bond acceptors (Lipinski definition) is 4. The highest BCUT2D eigenvalue weighted by atomic mass is 16.3. The van der Waals surface area contributed by atoms with Crippen LogP contribution in [0.3, 0.4) is 0 Å². The number of phenols is 2. The number of phenolic OH excluding ortho intramolecular Hbond substituents is 2. The molecule has 1 aromatic heterocycles. The summed E-state index contributed by atoms with van der Waals surface area (Å²) in [6, 6.07) is 5.36. The van der Waals surface area contributed by atoms with Gasteiger partial charge in [0.25, 0.3) is 5.91 Å². The molecule has 0 radical (unpaired) electrons. The van der Waals surface area contributed by atoms with Crippen molar-refractivity contribution < 1.29 is 15.0 Å². The Bertz CT molecular complexity index is 974. The number of aryl methyl sites for hydroxylation is 1. The fourth-order valence-electron chi connectivity index (χ4n) is 3.71. The molecule has 2 rings (SSSR count). The molecule has 33 heavy (non-hydrogen) atoms. The molecule has 178 valence electrons. The molecule has 0 aliphatic rings. The molecule has 1 aromatic carbocycles. The fraction of sp³-hybridized carbons (Fsp3) is 0.429. The Kier molecular flexibility index (Phi) is 10.7. The summed E-state index contributed by atoms with van der Waals surface area (Å²) in [7, 11) is 0. The Morgan fingerprint density at radius 3 is 2.61 bits per heavy atom. The summed E-state index contributed by atoms with van der Waals surface area (Å²) < 4.78 is 0. The molecule has 0 aliphatic heterocycles. The van der Waals surface area contributed by atoms with E-state index in [1.165, 1.54) is 11.1 Å². The number of allylic oxidation sites excluding steroid dienone is 4. The van der Waals surface area contributed by atoms with E-state index < -0.39 is 0 Å². The highest BCUT2D eigenvalue weighted by Gasteiger charge is 2.22. The Morgan fingerprint density at radius 2 is 1.94 bits per heavy atom. The average molecular weight is 451 g/mol. The summed E-state index contributed by atoms with van der Waals surface area (Å²) in [4.78, 5) is 17.2. The standard InChI is InChI=1S/C28H38N2O3/c1-5-6-7-13-23-17-25(31)24(15-14-21(4)11-8-10-20(2)3)27(32)26(23)28(33)30-19-22-12-9-16-29-18-22/h9-10,12,14,16-18,31-32H,5-8,11,13,15,19H2,1-4H3,(H,30,33). The summed E-state index contributed by atoms with van der Waals surface area (Å²) in [6.45, 7) is 8.65. The molecule has 5 heteroatoms. The number of nitrogens with zero attached hydrogens (tertiary/aromatic N) is 1. The third kappa shape index (κ3) is 8.41. The van der Waals surface area contributed by atoms with Crippen LogP contribution in [0.15, 0.2) is 53.9 Å². The lowest BCUT2D eigenvalue weighted by molar-refractivity contribution is 0.0947. The van der Waals surface area contributed by atoms with E-state index in [4.69, 9.17) is 0 Å². The second-order valence-corrected chi connectivity index (χ2v) is 8.83. The van der Waals surface area contributed by atoms with Crippen LogP contribution in [0.5, 0.6) is 11.5 Å². The number of carbonyl (C=O) groups excluding carboxylic acids is 1. The third-order valence-electron chi connectivity index (χ3n) is 5.66. The maximum atomic E-state index is 13.1. The number of rotatable bonds is 12. The summed E-state index contributed by atoms with van der Waals surface area (Å²) in [5, 5.41) is 24.6. The topological polar surface area (TPSA) is 82.5 Å². The van der Waals surface area contributed by atoms with Crippen LogP contribution in [-0.4, -0.2) is 21.1 Å². The van der Waals surface area contributed by atoms with Crippen molar-refractivity contribution in [2.45, 2.75) is 79.2 Å². The van der Waals surface area contributed by atoms with Crippen LogP contribution in [0.25, 0.3) is 0 Å². The molecule has 2 aromatic rings. The van der Waals surface area contributed by atoms with Crippen molar-refractivity contribution in [1.82, 2.24) is 10.3 Å². The zero-order valence-electron chi connectivity index (χ0n) is 20.4. The second-order valence-electron chi connectivity index (χ2n) is 8.83. The number of carbonyl (C=O) groups is 1. The Labute approximate surface area is 198 Å². The molecule has 0 aliphatic carbocycles. The first kappa shape index (κ1) is 26.2. The van der Waals surface area contributed by atoms with E-state index in [-0.39, 0.29) is 23.0 Å². The zero-order chi connectivity index (χ0) is 24.2. The quantitative estimate of drug-likeness (QED) is 0.258. The summed E-state index contributed by atoms with van der Waals surface area (Å²) in [5.74, 6) is -0.428. The lowest BCUT2D eigenvalue weighted by Gasteiger charge is -2.16. The van der Waals surface area contributed by atoms with E-state index in [0.717, 1.165) is 37.7 Å². The summed E-state index contributed by atoms with van der Waals surface area (Å²) in [6.07, 6.45) is 13.4. The molecule has 3 N–H and O–H groups in total. The Morgan fingerprint density at radius 1 is 1.15 bits per heavy atom. The van der Waals surface area contributed by atoms with Gasteiger partial charge in [-0.2, -0.15) is 0 Å². The van der Waals surface area contributed by atoms with Crippen LogP contribution in [-0.2, 0) is 19.4 Å². The number of aromatic nitrogens is 1. The maximum Gasteiger partial charge on any atom is 0.255 e. The fourth-order valence-corrected chi connectivity index (χ4v) is 3.71. The van der Waals surface area contributed by atoms with Crippen molar-refractivity contribution in [2.75, 3.05) is 0 Å². The van der Waals surface area contributed by atoms with Crippen LogP contribution in [0, 0.1) is 0 Å². The van der Waals surface area contributed by atoms with Crippen molar-refractivity contribution in [2.24, 2.45) is 0 Å². The van der Waals surface area contributed by atoms with Gasteiger partial charge in [-0.3, -0.25) is 9.78 Å². The van der Waals surface area contributed by atoms with Gasteiger partial charge in [0.2, 0.25) is 0 Å². The first-order valence-corrected chi connectivity index (χ1v) is 11.9. The van der Waals surface area contributed by atoms with Crippen molar-refractivity contribution in [1.29, 1.82) is 0 Å². The van der Waals surface area contributed by atoms with Gasteiger partial charge in [0.05, 0.1) is 5.56 Å². The number of aromatic hydroxyl groups is 2. The largest absolute Gasteiger partial charge is 0.508 e. The van der Waals surface area contributed by atoms with Gasteiger partial charge in [-0.05, 0) is 76.1 Å². The zero-order valence-corrected chi connectivity index (χ0v) is 20.4. The van der Waals surface area contributed by atoms with E-state index in [0.29, 0.717) is 30.5 Å². The number of nitrogens with one attached hydrogen (secondary N) is 1. The molecular formula is C28H38N2O3. The van der Waals surface area contributed by atoms with Gasteiger partial charge in [-0.15, -0.1) is 0 Å². The first-order chi connectivity index (χ1) is 15.8. The van der Waals surface area contributed by atoms with Gasteiger partial charge in [0.15, 0.2) is 0 Å². The maximum absolute atomic E-state index is 13.1. The van der Waals surface area contributed by atoms with E-state index in [9.17, 15) is 15.0 Å². The molecule has 0 saturated heterocycles. The van der Waals surface area contributed by atoms with Crippen molar-refractivity contribution >= 4 is 5.91 Å². The lowest BCUT2D eigenvalue weighted by atomic mass is 9.94. The number of unbranched alkanes of at least 4 members (excludes halogenated alkanes) is 2. The van der Waals surface area contributed by atoms with Crippen LogP contribution in [0.4, 0.5) is 0 Å². The summed E-state index contributed by atoms with van der Waals surface area (Å²) >= 11 is 0. The van der Waals surface area contributed by atoms with E-state index in [2.05, 4.69) is 37.1 Å². The highest BCUT2D eigenvalue weighted by molar-refractivity contribution is 5.99. The Hall–Kier alpha value is -3.08. The molecule has 0 bridgehead atoms. The molecule has 0 fully saturated rings. The number of pyridine rings is 1. The van der Waals surface area contributed by atoms with Gasteiger partial charge in [0, 0.05) is 24.5 Å². The van der Waals surface area contributed by atoms with E-state index in [1.54, 1.807) is 18.5 Å². The summed E-state index contributed by atoms with van der Waals surface area (Å²) in [5.41, 5.74) is 4.68. The molecule has 0 saturated carbocycles. The van der Waals surface area contributed by atoms with Crippen molar-refractivity contribution in [3.63, 3.8) is 0 Å². The second kappa shape index (κ2) is 13.5. The lowest BCUT2D eigenvalue weighted by Crippen LogP contribution is -2.24. The van der Waals surface area contributed by atoms with Gasteiger partial charge in [-0.1, -0.05) is 49.1 Å². The molecule has 1 amide bonds. The third-order valence-corrected chi connectivity index (χ3v) is 5.66. The predicted octanol–water partition coefficient (Wildman–Crippen LogP) is 6.39. The number of benzene rings is 1. The molecule has 0 unspecified atom stereocenters. The smallest absolute Gasteiger partial charge is 0.255 e. The van der Waals surface area contributed by atoms with Gasteiger partial charge >= 0.3 is 0 Å². The molecule has 0 atom stereocenters. The monoisotopic (exact) mass is 450 g/mol. The molecule has 0 spiro atoms. The Balaban J connectivity index is 2.28. The van der Waals surface area contributed by atoms with Crippen LogP contribution in [0.2, 0.25) is 0 Å². The van der Waals surface area contributed by atoms with Crippen molar-refractivity contribution in [3.8, 4) is 11.5 Å². The minimum Gasteiger partial charge on any atom is -0.508 e. The molecule has 5 nitrogen and oxygen atoms in total. The average Bonchev–Trinajstić information content (AvgIpc) is 2.78. The molecule has 1 heterocycles. The normalized spacial score (nSPS) is 11.3. The van der Waals surface area contributed by atoms with E-state index in [1.807, 2.05) is 25.1 Å². The highest BCUT2D eigenvalue weighted by Crippen LogP contribution is 2.35. The number of amides is 1. The number of hydrogen-bond donors (Lipinski definition) is 3. The van der Waals surface area contributed by atoms with Gasteiger partial charge < -0.3 is 15.5 Å². The first-order valence-electron chi connectivity index (χ1n) is 11.9. The minimum atomic E-state index is -0.339. The van der Waals surface area contributed by atoms with Crippen LogP contribution < -0.4 is 5.32 Å². The van der Waals surface area contributed by atoms with E-state index >= 15 is 0 Å². The van der Waals surface area contributed by atoms with Gasteiger partial charge in [0.1, 0.15) is 11.5 Å². The van der Waals surface area contributed by atoms with Gasteiger partial charge in [-0.25, -0.2) is 0 Å².